The lowest BCUT2D eigenvalue weighted by atomic mass is 10.2. The lowest BCUT2D eigenvalue weighted by Gasteiger charge is -2.28. The van der Waals surface area contributed by atoms with Crippen LogP contribution in [-0.4, -0.2) is 24.1 Å². The van der Waals surface area contributed by atoms with Crippen LogP contribution >= 0.6 is 0 Å². The summed E-state index contributed by atoms with van der Waals surface area (Å²) in [5.74, 6) is 0. The van der Waals surface area contributed by atoms with Gasteiger partial charge in [-0.25, -0.2) is 5.01 Å². The van der Waals surface area contributed by atoms with Gasteiger partial charge in [-0.2, -0.15) is 0 Å². The van der Waals surface area contributed by atoms with E-state index in [1.807, 2.05) is 0 Å². The zero-order valence-corrected chi connectivity index (χ0v) is 9.18. The second kappa shape index (κ2) is 6.39. The second-order valence-corrected chi connectivity index (χ2v) is 3.99. The van der Waals surface area contributed by atoms with Crippen molar-refractivity contribution >= 4 is 0 Å². The Hall–Kier alpha value is -0.0800. The molecule has 0 amide bonds. The van der Waals surface area contributed by atoms with Crippen LogP contribution < -0.4 is 5.43 Å². The molecule has 1 saturated carbocycles. The van der Waals surface area contributed by atoms with E-state index in [4.69, 9.17) is 0 Å². The Morgan fingerprint density at radius 1 is 1.23 bits per heavy atom. The van der Waals surface area contributed by atoms with Crippen molar-refractivity contribution in [3.05, 3.63) is 0 Å². The van der Waals surface area contributed by atoms with E-state index in [2.05, 4.69) is 24.3 Å². The molecular formula is C11H24N2. The molecule has 0 heterocycles. The van der Waals surface area contributed by atoms with Crippen molar-refractivity contribution in [3.63, 3.8) is 0 Å². The number of hydrogen-bond acceptors (Lipinski definition) is 2. The van der Waals surface area contributed by atoms with Crippen molar-refractivity contribution in [2.24, 2.45) is 0 Å². The second-order valence-electron chi connectivity index (χ2n) is 3.99. The van der Waals surface area contributed by atoms with Gasteiger partial charge in [0, 0.05) is 19.1 Å². The third kappa shape index (κ3) is 3.65. The topological polar surface area (TPSA) is 15.3 Å². The number of nitrogens with zero attached hydrogens (tertiary/aromatic N) is 1. The van der Waals surface area contributed by atoms with E-state index in [0.717, 1.165) is 19.1 Å². The van der Waals surface area contributed by atoms with E-state index in [9.17, 15) is 0 Å². The molecule has 0 aromatic heterocycles. The van der Waals surface area contributed by atoms with Gasteiger partial charge in [0.25, 0.3) is 0 Å². The fourth-order valence-electron chi connectivity index (χ4n) is 2.11. The van der Waals surface area contributed by atoms with Gasteiger partial charge >= 0.3 is 0 Å². The molecule has 0 unspecified atom stereocenters. The monoisotopic (exact) mass is 184 g/mol. The maximum atomic E-state index is 3.55. The summed E-state index contributed by atoms with van der Waals surface area (Å²) in [6.07, 6.45) is 8.23. The summed E-state index contributed by atoms with van der Waals surface area (Å²) in [7, 11) is 0. The van der Waals surface area contributed by atoms with Crippen LogP contribution in [0.25, 0.3) is 0 Å². The first-order valence-corrected chi connectivity index (χ1v) is 5.88. The molecule has 0 aromatic rings. The minimum atomic E-state index is 0.821. The Labute approximate surface area is 82.7 Å². The first kappa shape index (κ1) is 11.0. The van der Waals surface area contributed by atoms with Gasteiger partial charge in [0.05, 0.1) is 0 Å². The Balaban J connectivity index is 2.16. The highest BCUT2D eigenvalue weighted by Crippen LogP contribution is 2.21. The lowest BCUT2D eigenvalue weighted by Crippen LogP contribution is -2.44. The highest BCUT2D eigenvalue weighted by Gasteiger charge is 2.20. The van der Waals surface area contributed by atoms with Crippen LogP contribution in [0.15, 0.2) is 0 Å². The summed E-state index contributed by atoms with van der Waals surface area (Å²) in [6, 6.07) is 0.821. The molecule has 2 heteroatoms. The fourth-order valence-corrected chi connectivity index (χ4v) is 2.11. The van der Waals surface area contributed by atoms with Gasteiger partial charge < -0.3 is 0 Å². The summed E-state index contributed by atoms with van der Waals surface area (Å²) >= 11 is 0. The highest BCUT2D eigenvalue weighted by molar-refractivity contribution is 4.74. The summed E-state index contributed by atoms with van der Waals surface area (Å²) in [6.45, 7) is 6.79. The molecule has 0 aromatic carbocycles. The maximum Gasteiger partial charge on any atom is 0.0243 e. The summed E-state index contributed by atoms with van der Waals surface area (Å²) in [5, 5.41) is 2.45. The van der Waals surface area contributed by atoms with Gasteiger partial charge in [0.2, 0.25) is 0 Å². The number of hydrazine groups is 1. The van der Waals surface area contributed by atoms with E-state index in [-0.39, 0.29) is 0 Å². The zero-order valence-electron chi connectivity index (χ0n) is 9.18. The standard InChI is InChI=1S/C11H24N2/c1-3-5-10-12-13(4-2)11-8-6-7-9-11/h11-12H,3-10H2,1-2H3. The van der Waals surface area contributed by atoms with Crippen molar-refractivity contribution < 1.29 is 0 Å². The molecule has 1 aliphatic carbocycles. The van der Waals surface area contributed by atoms with E-state index in [1.54, 1.807) is 0 Å². The molecular weight excluding hydrogens is 160 g/mol. The van der Waals surface area contributed by atoms with E-state index < -0.39 is 0 Å². The van der Waals surface area contributed by atoms with Crippen LogP contribution in [0.2, 0.25) is 0 Å². The van der Waals surface area contributed by atoms with E-state index >= 15 is 0 Å². The largest absolute Gasteiger partial charge is 0.255 e. The summed E-state index contributed by atoms with van der Waals surface area (Å²) < 4.78 is 0. The predicted octanol–water partition coefficient (Wildman–Crippen LogP) is 2.56. The van der Waals surface area contributed by atoms with Crippen LogP contribution in [-0.2, 0) is 0 Å². The minimum absolute atomic E-state index is 0.821. The molecule has 1 N–H and O–H groups in total. The molecule has 0 bridgehead atoms. The first-order valence-electron chi connectivity index (χ1n) is 5.88. The van der Waals surface area contributed by atoms with Gasteiger partial charge in [-0.1, -0.05) is 33.1 Å². The smallest absolute Gasteiger partial charge is 0.0243 e. The fraction of sp³-hybridized carbons (Fsp3) is 1.00. The van der Waals surface area contributed by atoms with Crippen molar-refractivity contribution in [1.29, 1.82) is 0 Å². The average Bonchev–Trinajstić information content (AvgIpc) is 2.65. The van der Waals surface area contributed by atoms with E-state index in [0.29, 0.717) is 0 Å². The highest BCUT2D eigenvalue weighted by atomic mass is 15.5. The van der Waals surface area contributed by atoms with Gasteiger partial charge in [0.1, 0.15) is 0 Å². The zero-order chi connectivity index (χ0) is 9.52. The normalized spacial score (nSPS) is 18.7. The van der Waals surface area contributed by atoms with Gasteiger partial charge in [-0.05, 0) is 19.3 Å². The van der Waals surface area contributed by atoms with Crippen LogP contribution in [0.4, 0.5) is 0 Å². The Morgan fingerprint density at radius 3 is 2.46 bits per heavy atom. The first-order chi connectivity index (χ1) is 6.38. The van der Waals surface area contributed by atoms with Gasteiger partial charge in [-0.3, -0.25) is 5.43 Å². The number of nitrogens with one attached hydrogen (secondary N) is 1. The third-order valence-electron chi connectivity index (χ3n) is 2.95. The Bertz CT molecular complexity index is 119. The molecule has 13 heavy (non-hydrogen) atoms. The summed E-state index contributed by atoms with van der Waals surface area (Å²) in [5.41, 5.74) is 3.55. The van der Waals surface area contributed by atoms with Crippen LogP contribution in [0.1, 0.15) is 52.4 Å². The van der Waals surface area contributed by atoms with Crippen molar-refractivity contribution in [2.75, 3.05) is 13.1 Å². The molecule has 0 spiro atoms. The molecule has 0 radical (unpaired) electrons. The average molecular weight is 184 g/mol. The van der Waals surface area contributed by atoms with Gasteiger partial charge in [0.15, 0.2) is 0 Å². The summed E-state index contributed by atoms with van der Waals surface area (Å²) in [4.78, 5) is 0. The molecule has 1 fully saturated rings. The van der Waals surface area contributed by atoms with Gasteiger partial charge in [-0.15, -0.1) is 0 Å². The van der Waals surface area contributed by atoms with E-state index in [1.165, 1.54) is 38.5 Å². The third-order valence-corrected chi connectivity index (χ3v) is 2.95. The van der Waals surface area contributed by atoms with Crippen molar-refractivity contribution in [3.8, 4) is 0 Å². The lowest BCUT2D eigenvalue weighted by molar-refractivity contribution is 0.133. The molecule has 78 valence electrons. The minimum Gasteiger partial charge on any atom is -0.255 e. The molecule has 1 rings (SSSR count). The number of unbranched alkanes of at least 4 members (excludes halogenated alkanes) is 1. The number of rotatable bonds is 6. The van der Waals surface area contributed by atoms with Crippen LogP contribution in [0.3, 0.4) is 0 Å². The van der Waals surface area contributed by atoms with Crippen LogP contribution in [0, 0.1) is 0 Å². The molecule has 2 nitrogen and oxygen atoms in total. The van der Waals surface area contributed by atoms with Crippen LogP contribution in [0.5, 0.6) is 0 Å². The van der Waals surface area contributed by atoms with Crippen molar-refractivity contribution in [1.82, 2.24) is 10.4 Å². The Kier molecular flexibility index (Phi) is 5.40. The van der Waals surface area contributed by atoms with Crippen molar-refractivity contribution in [2.45, 2.75) is 58.4 Å². The SMILES string of the molecule is CCCCNN(CC)C1CCCC1. The number of hydrogen-bond donors (Lipinski definition) is 1. The molecule has 1 aliphatic rings. The molecule has 0 aliphatic heterocycles. The predicted molar refractivity (Wildman–Crippen MR) is 57.5 cm³/mol. The maximum absolute atomic E-state index is 3.55. The molecule has 0 atom stereocenters. The Morgan fingerprint density at radius 2 is 1.92 bits per heavy atom. The molecule has 0 saturated heterocycles. The quantitative estimate of drug-likeness (QED) is 0.504.